The molecule has 0 aliphatic heterocycles. The van der Waals surface area contributed by atoms with E-state index in [2.05, 4.69) is 20.0 Å². The van der Waals surface area contributed by atoms with E-state index in [1.54, 1.807) is 61.6 Å². The number of carboxylic acid groups (broad SMARTS) is 1. The molecule has 0 amide bonds. The first kappa shape index (κ1) is 26.5. The van der Waals surface area contributed by atoms with Gasteiger partial charge < -0.3 is 24.8 Å². The standard InChI is InChI=1S/C26H27N5O6S/c1-16(26(32)33)31(2)18-8-7-9-21(14-18)38(34,35)30-25-24(28-22-10-5-6-11-23(22)29-25)27-17-12-19(36-3)15-20(13-17)37-4/h5-16H,1-4H3,(H,27,28)(H,29,30)(H,32,33). The minimum atomic E-state index is -4.14. The van der Waals surface area contributed by atoms with Crippen molar-refractivity contribution in [2.24, 2.45) is 0 Å². The van der Waals surface area contributed by atoms with Crippen molar-refractivity contribution >= 4 is 50.0 Å². The van der Waals surface area contributed by atoms with Crippen molar-refractivity contribution < 1.29 is 27.8 Å². The number of para-hydroxylation sites is 2. The fourth-order valence-electron chi connectivity index (χ4n) is 3.62. The summed E-state index contributed by atoms with van der Waals surface area (Å²) in [5.74, 6) is 0.159. The summed E-state index contributed by atoms with van der Waals surface area (Å²) in [6.45, 7) is 1.51. The molecule has 1 unspecified atom stereocenters. The highest BCUT2D eigenvalue weighted by Crippen LogP contribution is 2.32. The number of hydrogen-bond donors (Lipinski definition) is 3. The molecule has 4 aromatic rings. The van der Waals surface area contributed by atoms with Crippen LogP contribution in [0.5, 0.6) is 11.5 Å². The van der Waals surface area contributed by atoms with Crippen LogP contribution >= 0.6 is 0 Å². The number of carbonyl (C=O) groups is 1. The van der Waals surface area contributed by atoms with Crippen LogP contribution in [-0.2, 0) is 14.8 Å². The molecule has 198 valence electrons. The van der Waals surface area contributed by atoms with Crippen LogP contribution < -0.4 is 24.4 Å². The lowest BCUT2D eigenvalue weighted by atomic mass is 10.2. The van der Waals surface area contributed by atoms with Gasteiger partial charge in [0, 0.05) is 36.6 Å². The maximum atomic E-state index is 13.4. The largest absolute Gasteiger partial charge is 0.497 e. The van der Waals surface area contributed by atoms with Gasteiger partial charge in [-0.25, -0.2) is 23.2 Å². The minimum absolute atomic E-state index is 0.0249. The molecule has 38 heavy (non-hydrogen) atoms. The van der Waals surface area contributed by atoms with Crippen molar-refractivity contribution in [2.75, 3.05) is 36.2 Å². The highest BCUT2D eigenvalue weighted by atomic mass is 32.2. The van der Waals surface area contributed by atoms with Crippen molar-refractivity contribution in [1.82, 2.24) is 9.97 Å². The summed E-state index contributed by atoms with van der Waals surface area (Å²) in [7, 11) is 0.489. The lowest BCUT2D eigenvalue weighted by molar-refractivity contribution is -0.138. The summed E-state index contributed by atoms with van der Waals surface area (Å²) in [5, 5.41) is 12.4. The van der Waals surface area contributed by atoms with Gasteiger partial charge in [-0.1, -0.05) is 18.2 Å². The highest BCUT2D eigenvalue weighted by molar-refractivity contribution is 7.92. The van der Waals surface area contributed by atoms with E-state index in [0.717, 1.165) is 0 Å². The molecule has 12 heteroatoms. The van der Waals surface area contributed by atoms with Gasteiger partial charge in [0.2, 0.25) is 0 Å². The lowest BCUT2D eigenvalue weighted by Crippen LogP contribution is -2.35. The first-order valence-electron chi connectivity index (χ1n) is 11.5. The summed E-state index contributed by atoms with van der Waals surface area (Å²) in [5.41, 5.74) is 2.01. The molecule has 0 radical (unpaired) electrons. The van der Waals surface area contributed by atoms with Crippen LogP contribution in [0.2, 0.25) is 0 Å². The average molecular weight is 538 g/mol. The summed E-state index contributed by atoms with van der Waals surface area (Å²) in [4.78, 5) is 21.9. The number of anilines is 4. The molecular formula is C26H27N5O6S. The number of hydrogen-bond acceptors (Lipinski definition) is 9. The van der Waals surface area contributed by atoms with Crippen LogP contribution in [0.4, 0.5) is 23.0 Å². The first-order chi connectivity index (χ1) is 18.1. The Hall–Kier alpha value is -4.58. The topological polar surface area (TPSA) is 143 Å². The SMILES string of the molecule is COc1cc(Nc2nc3ccccc3nc2NS(=O)(=O)c2cccc(N(C)C(C)C(=O)O)c2)cc(OC)c1. The van der Waals surface area contributed by atoms with Gasteiger partial charge >= 0.3 is 5.97 Å². The van der Waals surface area contributed by atoms with Crippen LogP contribution in [-0.4, -0.2) is 56.8 Å². The number of nitrogens with zero attached hydrogens (tertiary/aromatic N) is 3. The van der Waals surface area contributed by atoms with Gasteiger partial charge in [0.25, 0.3) is 10.0 Å². The fraction of sp³-hybridized carbons (Fsp3) is 0.192. The van der Waals surface area contributed by atoms with Crippen LogP contribution in [0.15, 0.2) is 71.6 Å². The summed E-state index contributed by atoms with van der Waals surface area (Å²) in [6, 6.07) is 17.3. The second-order valence-electron chi connectivity index (χ2n) is 8.36. The van der Waals surface area contributed by atoms with E-state index >= 15 is 0 Å². The summed E-state index contributed by atoms with van der Waals surface area (Å²) in [6.07, 6.45) is 0. The smallest absolute Gasteiger partial charge is 0.326 e. The van der Waals surface area contributed by atoms with Gasteiger partial charge in [0.1, 0.15) is 17.5 Å². The van der Waals surface area contributed by atoms with E-state index in [1.807, 2.05) is 0 Å². The van der Waals surface area contributed by atoms with Crippen molar-refractivity contribution in [3.8, 4) is 11.5 Å². The Labute approximate surface area is 220 Å². The molecule has 0 saturated carbocycles. The zero-order valence-corrected chi connectivity index (χ0v) is 22.0. The molecule has 0 aliphatic carbocycles. The first-order valence-corrected chi connectivity index (χ1v) is 12.9. The maximum absolute atomic E-state index is 13.4. The zero-order chi connectivity index (χ0) is 27.4. The molecular weight excluding hydrogens is 510 g/mol. The van der Waals surface area contributed by atoms with Crippen molar-refractivity contribution in [1.29, 1.82) is 0 Å². The number of aliphatic carboxylic acids is 1. The van der Waals surface area contributed by atoms with E-state index in [1.165, 1.54) is 38.2 Å². The van der Waals surface area contributed by atoms with E-state index < -0.39 is 22.0 Å². The number of aromatic nitrogens is 2. The Morgan fingerprint density at radius 2 is 1.53 bits per heavy atom. The molecule has 3 aromatic carbocycles. The quantitative estimate of drug-likeness (QED) is 0.270. The van der Waals surface area contributed by atoms with Crippen LogP contribution in [0, 0.1) is 0 Å². The number of likely N-dealkylation sites (N-methyl/N-ethyl adjacent to an activating group) is 1. The van der Waals surface area contributed by atoms with Crippen LogP contribution in [0.25, 0.3) is 11.0 Å². The van der Waals surface area contributed by atoms with Gasteiger partial charge in [-0.3, -0.25) is 4.72 Å². The Morgan fingerprint density at radius 1 is 0.921 bits per heavy atom. The van der Waals surface area contributed by atoms with E-state index in [-0.39, 0.29) is 16.5 Å². The number of benzene rings is 3. The highest BCUT2D eigenvalue weighted by Gasteiger charge is 2.22. The normalized spacial score (nSPS) is 12.0. The number of carboxylic acids is 1. The van der Waals surface area contributed by atoms with E-state index in [4.69, 9.17) is 9.47 Å². The number of nitrogens with one attached hydrogen (secondary N) is 2. The molecule has 0 fully saturated rings. The fourth-order valence-corrected chi connectivity index (χ4v) is 4.67. The summed E-state index contributed by atoms with van der Waals surface area (Å²) < 4.78 is 40.1. The second-order valence-corrected chi connectivity index (χ2v) is 10.0. The third-order valence-electron chi connectivity index (χ3n) is 5.89. The predicted octanol–water partition coefficient (Wildman–Crippen LogP) is 4.10. The molecule has 3 N–H and O–H groups in total. The van der Waals surface area contributed by atoms with Crippen LogP contribution in [0.3, 0.4) is 0 Å². The maximum Gasteiger partial charge on any atom is 0.326 e. The van der Waals surface area contributed by atoms with Gasteiger partial charge in [-0.05, 0) is 37.3 Å². The minimum Gasteiger partial charge on any atom is -0.497 e. The third kappa shape index (κ3) is 5.70. The molecule has 0 bridgehead atoms. The van der Waals surface area contributed by atoms with E-state index in [0.29, 0.717) is 33.9 Å². The van der Waals surface area contributed by atoms with Crippen LogP contribution in [0.1, 0.15) is 6.92 Å². The molecule has 0 saturated heterocycles. The Bertz CT molecular complexity index is 1570. The molecule has 0 spiro atoms. The third-order valence-corrected chi connectivity index (χ3v) is 7.23. The van der Waals surface area contributed by atoms with Gasteiger partial charge in [0.15, 0.2) is 11.6 Å². The number of ether oxygens (including phenoxy) is 2. The Morgan fingerprint density at radius 3 is 2.11 bits per heavy atom. The van der Waals surface area contributed by atoms with Gasteiger partial charge in [-0.15, -0.1) is 0 Å². The lowest BCUT2D eigenvalue weighted by Gasteiger charge is -2.24. The molecule has 1 heterocycles. The molecule has 1 aromatic heterocycles. The van der Waals surface area contributed by atoms with Crippen molar-refractivity contribution in [2.45, 2.75) is 17.9 Å². The number of rotatable bonds is 10. The molecule has 11 nitrogen and oxygen atoms in total. The Balaban J connectivity index is 1.74. The number of sulfonamides is 1. The monoisotopic (exact) mass is 537 g/mol. The molecule has 4 rings (SSSR count). The second kappa shape index (κ2) is 10.8. The predicted molar refractivity (Wildman–Crippen MR) is 145 cm³/mol. The summed E-state index contributed by atoms with van der Waals surface area (Å²) >= 11 is 0. The molecule has 1 atom stereocenters. The average Bonchev–Trinajstić information content (AvgIpc) is 2.92. The van der Waals surface area contributed by atoms with Gasteiger partial charge in [0.05, 0.1) is 30.1 Å². The Kier molecular flexibility index (Phi) is 7.53. The molecule has 0 aliphatic rings. The number of fused-ring (bicyclic) bond motifs is 1. The van der Waals surface area contributed by atoms with E-state index in [9.17, 15) is 18.3 Å². The van der Waals surface area contributed by atoms with Crippen molar-refractivity contribution in [3.63, 3.8) is 0 Å². The zero-order valence-electron chi connectivity index (χ0n) is 21.2. The van der Waals surface area contributed by atoms with Gasteiger partial charge in [-0.2, -0.15) is 0 Å². The number of methoxy groups -OCH3 is 2. The van der Waals surface area contributed by atoms with Crippen molar-refractivity contribution in [3.05, 3.63) is 66.7 Å².